The number of hydrogen-bond donors (Lipinski definition) is 1. The Hall–Kier alpha value is -0.0800. The van der Waals surface area contributed by atoms with Gasteiger partial charge in [0.05, 0.1) is 6.10 Å². The second kappa shape index (κ2) is 8.16. The van der Waals surface area contributed by atoms with Crippen molar-refractivity contribution in [1.29, 1.82) is 0 Å². The zero-order chi connectivity index (χ0) is 13.5. The molecule has 0 saturated heterocycles. The SMILES string of the molecule is CCCNC(C1CC(C)CC(C)C1)C(CC)OC. The van der Waals surface area contributed by atoms with Gasteiger partial charge in [0.25, 0.3) is 0 Å². The van der Waals surface area contributed by atoms with Gasteiger partial charge >= 0.3 is 0 Å². The van der Waals surface area contributed by atoms with E-state index in [4.69, 9.17) is 4.74 Å². The van der Waals surface area contributed by atoms with Crippen LogP contribution in [0.5, 0.6) is 0 Å². The molecule has 1 rings (SSSR count). The van der Waals surface area contributed by atoms with Crippen LogP contribution in [0.15, 0.2) is 0 Å². The molecule has 0 aliphatic heterocycles. The summed E-state index contributed by atoms with van der Waals surface area (Å²) in [5.41, 5.74) is 0. The van der Waals surface area contributed by atoms with E-state index < -0.39 is 0 Å². The summed E-state index contributed by atoms with van der Waals surface area (Å²) in [4.78, 5) is 0. The zero-order valence-electron chi connectivity index (χ0n) is 13.0. The second-order valence-corrected chi connectivity index (χ2v) is 6.34. The number of ether oxygens (including phenoxy) is 1. The molecule has 0 amide bonds. The fraction of sp³-hybridized carbons (Fsp3) is 1.00. The summed E-state index contributed by atoms with van der Waals surface area (Å²) in [5.74, 6) is 2.54. The maximum atomic E-state index is 5.72. The average molecular weight is 255 g/mol. The molecule has 0 spiro atoms. The largest absolute Gasteiger partial charge is 0.380 e. The molecule has 18 heavy (non-hydrogen) atoms. The molecular weight excluding hydrogens is 222 g/mol. The molecule has 1 fully saturated rings. The first-order chi connectivity index (χ1) is 8.62. The van der Waals surface area contributed by atoms with Crippen LogP contribution in [0, 0.1) is 17.8 Å². The molecule has 1 N–H and O–H groups in total. The summed E-state index contributed by atoms with van der Waals surface area (Å²) in [6, 6.07) is 0.546. The minimum atomic E-state index is 0.374. The molecule has 4 unspecified atom stereocenters. The Morgan fingerprint density at radius 3 is 2.17 bits per heavy atom. The molecule has 1 aliphatic rings. The molecule has 108 valence electrons. The van der Waals surface area contributed by atoms with Crippen LogP contribution < -0.4 is 5.32 Å². The highest BCUT2D eigenvalue weighted by molar-refractivity contribution is 4.88. The predicted octanol–water partition coefficient (Wildman–Crippen LogP) is 3.85. The monoisotopic (exact) mass is 255 g/mol. The summed E-state index contributed by atoms with van der Waals surface area (Å²) in [5, 5.41) is 3.76. The van der Waals surface area contributed by atoms with E-state index in [0.29, 0.717) is 12.1 Å². The summed E-state index contributed by atoms with van der Waals surface area (Å²) < 4.78 is 5.72. The smallest absolute Gasteiger partial charge is 0.0724 e. The highest BCUT2D eigenvalue weighted by atomic mass is 16.5. The summed E-state index contributed by atoms with van der Waals surface area (Å²) in [7, 11) is 1.87. The van der Waals surface area contributed by atoms with Gasteiger partial charge in [-0.15, -0.1) is 0 Å². The van der Waals surface area contributed by atoms with Gasteiger partial charge in [0.1, 0.15) is 0 Å². The van der Waals surface area contributed by atoms with E-state index in [1.165, 1.54) is 25.7 Å². The molecular formula is C16H33NO. The lowest BCUT2D eigenvalue weighted by Crippen LogP contribution is -2.48. The van der Waals surface area contributed by atoms with Crippen molar-refractivity contribution >= 4 is 0 Å². The first kappa shape index (κ1) is 16.0. The van der Waals surface area contributed by atoms with E-state index in [0.717, 1.165) is 30.7 Å². The van der Waals surface area contributed by atoms with E-state index in [1.54, 1.807) is 0 Å². The molecule has 0 bridgehead atoms. The van der Waals surface area contributed by atoms with Gasteiger partial charge in [-0.1, -0.05) is 27.7 Å². The van der Waals surface area contributed by atoms with E-state index in [9.17, 15) is 0 Å². The number of methoxy groups -OCH3 is 1. The third-order valence-corrected chi connectivity index (χ3v) is 4.46. The molecule has 1 aliphatic carbocycles. The minimum absolute atomic E-state index is 0.374. The van der Waals surface area contributed by atoms with Crippen molar-refractivity contribution in [2.45, 2.75) is 71.9 Å². The van der Waals surface area contributed by atoms with Crippen molar-refractivity contribution in [2.75, 3.05) is 13.7 Å². The third-order valence-electron chi connectivity index (χ3n) is 4.46. The molecule has 0 aromatic rings. The fourth-order valence-corrected chi connectivity index (χ4v) is 3.78. The fourth-order valence-electron chi connectivity index (χ4n) is 3.78. The van der Waals surface area contributed by atoms with Gasteiger partial charge in [0.15, 0.2) is 0 Å². The lowest BCUT2D eigenvalue weighted by molar-refractivity contribution is 0.0261. The predicted molar refractivity (Wildman–Crippen MR) is 78.8 cm³/mol. The number of nitrogens with one attached hydrogen (secondary N) is 1. The number of rotatable bonds is 7. The van der Waals surface area contributed by atoms with Gasteiger partial charge in [-0.25, -0.2) is 0 Å². The number of hydrogen-bond acceptors (Lipinski definition) is 2. The van der Waals surface area contributed by atoms with Crippen LogP contribution in [0.25, 0.3) is 0 Å². The Kier molecular flexibility index (Phi) is 7.25. The topological polar surface area (TPSA) is 21.3 Å². The van der Waals surface area contributed by atoms with Crippen molar-refractivity contribution in [2.24, 2.45) is 17.8 Å². The molecule has 2 nitrogen and oxygen atoms in total. The Morgan fingerprint density at radius 2 is 1.72 bits per heavy atom. The first-order valence-electron chi connectivity index (χ1n) is 7.88. The lowest BCUT2D eigenvalue weighted by atomic mass is 9.72. The molecule has 4 atom stereocenters. The molecule has 2 heteroatoms. The highest BCUT2D eigenvalue weighted by Crippen LogP contribution is 2.36. The van der Waals surface area contributed by atoms with Gasteiger partial charge < -0.3 is 10.1 Å². The quantitative estimate of drug-likeness (QED) is 0.746. The minimum Gasteiger partial charge on any atom is -0.380 e. The summed E-state index contributed by atoms with van der Waals surface area (Å²) in [6.07, 6.45) is 6.82. The first-order valence-corrected chi connectivity index (χ1v) is 7.88. The molecule has 1 saturated carbocycles. The zero-order valence-corrected chi connectivity index (χ0v) is 13.0. The summed E-state index contributed by atoms with van der Waals surface area (Å²) in [6.45, 7) is 10.4. The highest BCUT2D eigenvalue weighted by Gasteiger charge is 2.33. The Bertz CT molecular complexity index is 205. The van der Waals surface area contributed by atoms with E-state index in [1.807, 2.05) is 7.11 Å². The second-order valence-electron chi connectivity index (χ2n) is 6.34. The van der Waals surface area contributed by atoms with Gasteiger partial charge in [-0.3, -0.25) is 0 Å². The molecule has 0 heterocycles. The average Bonchev–Trinajstić information content (AvgIpc) is 2.33. The van der Waals surface area contributed by atoms with Crippen LogP contribution >= 0.6 is 0 Å². The van der Waals surface area contributed by atoms with Crippen molar-refractivity contribution in [3.63, 3.8) is 0 Å². The standard InChI is InChI=1S/C16H33NO/c1-6-8-17-16(15(7-2)18-5)14-10-12(3)9-13(4)11-14/h12-17H,6-11H2,1-5H3. The Morgan fingerprint density at radius 1 is 1.11 bits per heavy atom. The van der Waals surface area contributed by atoms with Gasteiger partial charge in [0.2, 0.25) is 0 Å². The summed E-state index contributed by atoms with van der Waals surface area (Å²) >= 11 is 0. The molecule has 0 aromatic heterocycles. The third kappa shape index (κ3) is 4.55. The van der Waals surface area contributed by atoms with E-state index in [-0.39, 0.29) is 0 Å². The van der Waals surface area contributed by atoms with Crippen LogP contribution in [-0.2, 0) is 4.74 Å². The van der Waals surface area contributed by atoms with Crippen LogP contribution in [0.3, 0.4) is 0 Å². The van der Waals surface area contributed by atoms with Crippen molar-refractivity contribution in [3.05, 3.63) is 0 Å². The van der Waals surface area contributed by atoms with Crippen molar-refractivity contribution < 1.29 is 4.74 Å². The molecule has 0 aromatic carbocycles. The Labute approximate surface area is 114 Å². The van der Waals surface area contributed by atoms with Crippen LogP contribution in [0.2, 0.25) is 0 Å². The maximum Gasteiger partial charge on any atom is 0.0724 e. The van der Waals surface area contributed by atoms with Crippen LogP contribution in [-0.4, -0.2) is 25.8 Å². The lowest BCUT2D eigenvalue weighted by Gasteiger charge is -2.40. The van der Waals surface area contributed by atoms with E-state index >= 15 is 0 Å². The van der Waals surface area contributed by atoms with Gasteiger partial charge in [-0.05, 0) is 56.4 Å². The van der Waals surface area contributed by atoms with E-state index in [2.05, 4.69) is 33.0 Å². The van der Waals surface area contributed by atoms with Crippen LogP contribution in [0.1, 0.15) is 59.8 Å². The van der Waals surface area contributed by atoms with Gasteiger partial charge in [0, 0.05) is 13.2 Å². The molecule has 0 radical (unpaired) electrons. The Balaban J connectivity index is 2.67. The maximum absolute atomic E-state index is 5.72. The van der Waals surface area contributed by atoms with Gasteiger partial charge in [-0.2, -0.15) is 0 Å². The van der Waals surface area contributed by atoms with Crippen molar-refractivity contribution in [3.8, 4) is 0 Å². The normalized spacial score (nSPS) is 32.2. The van der Waals surface area contributed by atoms with Crippen LogP contribution in [0.4, 0.5) is 0 Å². The van der Waals surface area contributed by atoms with Crippen molar-refractivity contribution in [1.82, 2.24) is 5.32 Å².